The number of nitrogens with one attached hydrogen (secondary N) is 2. The van der Waals surface area contributed by atoms with Crippen LogP contribution >= 0.6 is 24.0 Å². The lowest BCUT2D eigenvalue weighted by Gasteiger charge is -2.32. The predicted octanol–water partition coefficient (Wildman–Crippen LogP) is 2.87. The third kappa shape index (κ3) is 7.08. The lowest BCUT2D eigenvalue weighted by atomic mass is 10.1. The van der Waals surface area contributed by atoms with Crippen LogP contribution in [-0.2, 0) is 11.3 Å². The van der Waals surface area contributed by atoms with Gasteiger partial charge in [0.2, 0.25) is 0 Å². The molecule has 0 bridgehead atoms. The number of likely N-dealkylation sites (tertiary alicyclic amines) is 1. The van der Waals surface area contributed by atoms with E-state index in [1.54, 1.807) is 11.1 Å². The monoisotopic (exact) mass is 541 g/mol. The summed E-state index contributed by atoms with van der Waals surface area (Å²) in [7, 11) is 0. The Kier molecular flexibility index (Phi) is 10.0. The molecule has 1 amide bonds. The Balaban J connectivity index is 0.00000341. The molecule has 0 atom stereocenters. The van der Waals surface area contributed by atoms with E-state index in [4.69, 9.17) is 9.73 Å². The zero-order valence-corrected chi connectivity index (χ0v) is 20.7. The molecule has 10 heteroatoms. The molecule has 2 aromatic heterocycles. The maximum absolute atomic E-state index is 11.8. The summed E-state index contributed by atoms with van der Waals surface area (Å²) in [5, 5.41) is 6.78. The number of pyridine rings is 1. The first-order chi connectivity index (χ1) is 14.6. The largest absolute Gasteiger partial charge is 0.450 e. The molecule has 1 aliphatic rings. The summed E-state index contributed by atoms with van der Waals surface area (Å²) in [6.07, 6.45) is 7.02. The molecule has 2 aromatic rings. The molecule has 0 radical (unpaired) electrons. The van der Waals surface area contributed by atoms with Gasteiger partial charge >= 0.3 is 6.09 Å². The van der Waals surface area contributed by atoms with Gasteiger partial charge in [-0.1, -0.05) is 6.07 Å². The second-order valence-electron chi connectivity index (χ2n) is 7.17. The van der Waals surface area contributed by atoms with Gasteiger partial charge in [-0.05, 0) is 45.2 Å². The Morgan fingerprint density at radius 2 is 2.03 bits per heavy atom. The van der Waals surface area contributed by atoms with Crippen LogP contribution in [0.4, 0.5) is 4.79 Å². The number of aryl methyl sites for hydroxylation is 1. The molecule has 1 saturated heterocycles. The first kappa shape index (κ1) is 24.9. The highest BCUT2D eigenvalue weighted by atomic mass is 127. The molecule has 3 heterocycles. The fourth-order valence-electron chi connectivity index (χ4n) is 3.38. The van der Waals surface area contributed by atoms with E-state index >= 15 is 0 Å². The molecule has 3 rings (SSSR count). The van der Waals surface area contributed by atoms with Crippen molar-refractivity contribution in [1.82, 2.24) is 30.1 Å². The third-order valence-corrected chi connectivity index (χ3v) is 5.01. The predicted molar refractivity (Wildman–Crippen MR) is 131 cm³/mol. The minimum Gasteiger partial charge on any atom is -0.450 e. The number of nitrogens with zero attached hydrogens (tertiary/aromatic N) is 5. The van der Waals surface area contributed by atoms with E-state index in [0.717, 1.165) is 42.6 Å². The number of rotatable bonds is 6. The quantitative estimate of drug-likeness (QED) is 0.332. The van der Waals surface area contributed by atoms with Crippen molar-refractivity contribution in [1.29, 1.82) is 0 Å². The Bertz CT molecular complexity index is 846. The molecular formula is C21H32IN7O2. The standard InChI is InChI=1S/C21H31N7O2.HI/c1-4-22-20(26-18-8-11-27(12-9-18)21(29)30-5-2)25-15-17-6-7-19(24-14-17)28-13-10-23-16(28)3;/h6-7,10,13-14,18H,4-5,8-9,11-12,15H2,1-3H3,(H2,22,25,26);1H. The smallest absolute Gasteiger partial charge is 0.409 e. The second-order valence-corrected chi connectivity index (χ2v) is 7.17. The number of amides is 1. The van der Waals surface area contributed by atoms with Crippen molar-refractivity contribution in [3.8, 4) is 5.82 Å². The zero-order valence-electron chi connectivity index (χ0n) is 18.4. The van der Waals surface area contributed by atoms with Gasteiger partial charge in [0.05, 0.1) is 13.2 Å². The van der Waals surface area contributed by atoms with E-state index in [1.165, 1.54) is 0 Å². The first-order valence-electron chi connectivity index (χ1n) is 10.5. The van der Waals surface area contributed by atoms with Crippen LogP contribution in [0.5, 0.6) is 0 Å². The van der Waals surface area contributed by atoms with Gasteiger partial charge in [-0.25, -0.2) is 19.8 Å². The zero-order chi connectivity index (χ0) is 21.3. The fraction of sp³-hybridized carbons (Fsp3) is 0.524. The molecule has 0 unspecified atom stereocenters. The lowest BCUT2D eigenvalue weighted by Crippen LogP contribution is -2.49. The number of carbonyl (C=O) groups excluding carboxylic acids is 1. The number of hydrogen-bond donors (Lipinski definition) is 2. The number of halogens is 1. The fourth-order valence-corrected chi connectivity index (χ4v) is 3.38. The van der Waals surface area contributed by atoms with Crippen molar-refractivity contribution in [2.45, 2.75) is 46.2 Å². The maximum Gasteiger partial charge on any atom is 0.409 e. The summed E-state index contributed by atoms with van der Waals surface area (Å²) in [5.41, 5.74) is 1.03. The van der Waals surface area contributed by atoms with Crippen LogP contribution in [0.3, 0.4) is 0 Å². The summed E-state index contributed by atoms with van der Waals surface area (Å²) in [5.74, 6) is 2.53. The Morgan fingerprint density at radius 1 is 1.26 bits per heavy atom. The number of carbonyl (C=O) groups is 1. The molecule has 170 valence electrons. The van der Waals surface area contributed by atoms with Gasteiger partial charge in [0.15, 0.2) is 5.96 Å². The van der Waals surface area contributed by atoms with E-state index in [0.29, 0.717) is 26.2 Å². The normalized spacial score (nSPS) is 14.7. The van der Waals surface area contributed by atoms with Crippen molar-refractivity contribution >= 4 is 36.0 Å². The highest BCUT2D eigenvalue weighted by Gasteiger charge is 2.24. The highest BCUT2D eigenvalue weighted by Crippen LogP contribution is 2.12. The number of aromatic nitrogens is 3. The van der Waals surface area contributed by atoms with Gasteiger partial charge in [0.1, 0.15) is 11.6 Å². The van der Waals surface area contributed by atoms with E-state index in [9.17, 15) is 4.79 Å². The summed E-state index contributed by atoms with van der Waals surface area (Å²) in [4.78, 5) is 27.1. The lowest BCUT2D eigenvalue weighted by molar-refractivity contribution is 0.0963. The van der Waals surface area contributed by atoms with Gasteiger partial charge in [-0.3, -0.25) is 4.57 Å². The van der Waals surface area contributed by atoms with Crippen LogP contribution in [0.25, 0.3) is 5.82 Å². The van der Waals surface area contributed by atoms with Gasteiger partial charge in [0.25, 0.3) is 0 Å². The minimum atomic E-state index is -0.224. The van der Waals surface area contributed by atoms with Gasteiger partial charge in [-0.2, -0.15) is 0 Å². The average molecular weight is 541 g/mol. The van der Waals surface area contributed by atoms with Crippen molar-refractivity contribution in [2.24, 2.45) is 4.99 Å². The second kappa shape index (κ2) is 12.5. The number of ether oxygens (including phenoxy) is 1. The molecule has 0 aromatic carbocycles. The highest BCUT2D eigenvalue weighted by molar-refractivity contribution is 14.0. The van der Waals surface area contributed by atoms with Crippen LogP contribution in [0.2, 0.25) is 0 Å². The third-order valence-electron chi connectivity index (χ3n) is 5.01. The molecule has 1 fully saturated rings. The average Bonchev–Trinajstić information content (AvgIpc) is 3.19. The molecule has 0 spiro atoms. The van der Waals surface area contributed by atoms with Crippen molar-refractivity contribution in [3.05, 3.63) is 42.1 Å². The van der Waals surface area contributed by atoms with Crippen LogP contribution < -0.4 is 10.6 Å². The Morgan fingerprint density at radius 3 is 2.61 bits per heavy atom. The van der Waals surface area contributed by atoms with Crippen molar-refractivity contribution in [2.75, 3.05) is 26.2 Å². The van der Waals surface area contributed by atoms with Crippen LogP contribution in [0, 0.1) is 6.92 Å². The van der Waals surface area contributed by atoms with Crippen LogP contribution in [0.15, 0.2) is 35.7 Å². The molecular weight excluding hydrogens is 509 g/mol. The molecule has 0 saturated carbocycles. The van der Waals surface area contributed by atoms with E-state index in [2.05, 4.69) is 20.6 Å². The number of guanidine groups is 1. The number of hydrogen-bond acceptors (Lipinski definition) is 5. The summed E-state index contributed by atoms with van der Waals surface area (Å²) in [6.45, 7) is 8.93. The Hall–Kier alpha value is -2.37. The number of imidazole rings is 1. The SMILES string of the molecule is CCNC(=NCc1ccc(-n2ccnc2C)nc1)NC1CCN(C(=O)OCC)CC1.I. The van der Waals surface area contributed by atoms with E-state index < -0.39 is 0 Å². The van der Waals surface area contributed by atoms with E-state index in [-0.39, 0.29) is 36.1 Å². The minimum absolute atomic E-state index is 0. The summed E-state index contributed by atoms with van der Waals surface area (Å²) in [6, 6.07) is 4.29. The van der Waals surface area contributed by atoms with Crippen LogP contribution in [0.1, 0.15) is 38.1 Å². The summed E-state index contributed by atoms with van der Waals surface area (Å²) < 4.78 is 7.03. The van der Waals surface area contributed by atoms with Gasteiger partial charge in [0, 0.05) is 44.3 Å². The first-order valence-corrected chi connectivity index (χ1v) is 10.5. The molecule has 2 N–H and O–H groups in total. The molecule has 0 aliphatic carbocycles. The van der Waals surface area contributed by atoms with Crippen molar-refractivity contribution in [3.63, 3.8) is 0 Å². The number of aliphatic imine (C=N–C) groups is 1. The van der Waals surface area contributed by atoms with Gasteiger partial charge < -0.3 is 20.3 Å². The Labute approximate surface area is 200 Å². The summed E-state index contributed by atoms with van der Waals surface area (Å²) >= 11 is 0. The molecule has 9 nitrogen and oxygen atoms in total. The molecule has 1 aliphatic heterocycles. The maximum atomic E-state index is 11.8. The van der Waals surface area contributed by atoms with Crippen LogP contribution in [-0.4, -0.2) is 63.8 Å². The topological polar surface area (TPSA) is 96.7 Å². The van der Waals surface area contributed by atoms with E-state index in [1.807, 2.05) is 49.9 Å². The number of piperidine rings is 1. The van der Waals surface area contributed by atoms with Crippen molar-refractivity contribution < 1.29 is 9.53 Å². The molecule has 31 heavy (non-hydrogen) atoms. The van der Waals surface area contributed by atoms with Gasteiger partial charge in [-0.15, -0.1) is 24.0 Å².